The maximum atomic E-state index is 13.3. The van der Waals surface area contributed by atoms with Gasteiger partial charge in [0.05, 0.1) is 22.5 Å². The second-order valence-corrected chi connectivity index (χ2v) is 9.06. The van der Waals surface area contributed by atoms with Crippen LogP contribution in [0.4, 0.5) is 24.5 Å². The van der Waals surface area contributed by atoms with E-state index in [-0.39, 0.29) is 34.1 Å². The van der Waals surface area contributed by atoms with Gasteiger partial charge in [-0.05, 0) is 59.5 Å². The Balaban J connectivity index is 1.48. The molecule has 0 saturated heterocycles. The molecule has 1 amide bonds. The van der Waals surface area contributed by atoms with Crippen LogP contribution in [0.1, 0.15) is 21.5 Å². The minimum Gasteiger partial charge on any atom is -0.505 e. The highest BCUT2D eigenvalue weighted by molar-refractivity contribution is 7.08. The first-order valence-corrected chi connectivity index (χ1v) is 12.2. The van der Waals surface area contributed by atoms with Crippen molar-refractivity contribution in [2.24, 2.45) is 10.2 Å². The number of hydrazone groups is 2. The first-order chi connectivity index (χ1) is 18.6. The van der Waals surface area contributed by atoms with E-state index < -0.39 is 23.6 Å². The van der Waals surface area contributed by atoms with Crippen molar-refractivity contribution in [3.8, 4) is 16.9 Å². The summed E-state index contributed by atoms with van der Waals surface area (Å²) in [5.41, 5.74) is 3.54. The summed E-state index contributed by atoms with van der Waals surface area (Å²) in [6.45, 7) is 0. The number of nitrogens with zero attached hydrogens (tertiary/aromatic N) is 3. The fourth-order valence-electron chi connectivity index (χ4n) is 3.86. The molecule has 0 fully saturated rings. The SMILES string of the molecule is O=C(O)c1cccc(-c2cccc(N/N=C3\C(=O)N(c4ccc(C(F)(F)F)cc4)N=C3c3ccsc3)c2O)c1. The number of phenols is 1. The number of aromatic hydroxyl groups is 1. The number of hydrogen-bond donors (Lipinski definition) is 3. The number of rotatable bonds is 6. The molecule has 12 heteroatoms. The Bertz CT molecular complexity index is 1630. The Hall–Kier alpha value is -4.97. The van der Waals surface area contributed by atoms with E-state index in [0.717, 1.165) is 29.3 Å². The van der Waals surface area contributed by atoms with Crippen molar-refractivity contribution in [1.82, 2.24) is 0 Å². The molecular formula is C27H17F3N4O4S. The highest BCUT2D eigenvalue weighted by atomic mass is 32.1. The minimum absolute atomic E-state index is 0.0435. The third-order valence-corrected chi connectivity index (χ3v) is 6.48. The standard InChI is InChI=1S/C27H17F3N4O4S/c28-27(29,30)18-7-9-19(10-8-18)34-25(36)23(22(33-34)17-11-12-39-14-17)32-31-21-6-2-5-20(24(21)35)15-3-1-4-16(13-15)26(37)38/h1-14,31,35H,(H,37,38)/b32-23-. The van der Waals surface area contributed by atoms with Gasteiger partial charge in [0, 0.05) is 16.5 Å². The van der Waals surface area contributed by atoms with E-state index in [4.69, 9.17) is 0 Å². The third kappa shape index (κ3) is 5.09. The van der Waals surface area contributed by atoms with Gasteiger partial charge in [0.15, 0.2) is 5.71 Å². The highest BCUT2D eigenvalue weighted by Crippen LogP contribution is 2.36. The lowest BCUT2D eigenvalue weighted by Crippen LogP contribution is -2.28. The normalized spacial score (nSPS) is 14.5. The Labute approximate surface area is 223 Å². The molecule has 39 heavy (non-hydrogen) atoms. The van der Waals surface area contributed by atoms with Crippen LogP contribution in [0.2, 0.25) is 0 Å². The molecule has 0 bridgehead atoms. The lowest BCUT2D eigenvalue weighted by Gasteiger charge is -2.13. The molecule has 2 heterocycles. The van der Waals surface area contributed by atoms with Crippen molar-refractivity contribution >= 4 is 46.0 Å². The first kappa shape index (κ1) is 25.7. The molecule has 0 radical (unpaired) electrons. The number of hydrogen-bond acceptors (Lipinski definition) is 7. The number of halogens is 3. The van der Waals surface area contributed by atoms with Crippen LogP contribution in [0.5, 0.6) is 5.75 Å². The smallest absolute Gasteiger partial charge is 0.416 e. The number of amides is 1. The van der Waals surface area contributed by atoms with Crippen LogP contribution in [-0.2, 0) is 11.0 Å². The Morgan fingerprint density at radius 1 is 1.00 bits per heavy atom. The zero-order chi connectivity index (χ0) is 27.7. The van der Waals surface area contributed by atoms with E-state index in [9.17, 15) is 33.0 Å². The van der Waals surface area contributed by atoms with Crippen LogP contribution in [0.25, 0.3) is 11.1 Å². The number of phenolic OH excluding ortho intramolecular Hbond substituents is 1. The summed E-state index contributed by atoms with van der Waals surface area (Å²) in [6.07, 6.45) is -4.53. The number of benzene rings is 3. The molecule has 3 N–H and O–H groups in total. The fraction of sp³-hybridized carbons (Fsp3) is 0.0370. The zero-order valence-electron chi connectivity index (χ0n) is 19.7. The van der Waals surface area contributed by atoms with Gasteiger partial charge in [-0.1, -0.05) is 24.3 Å². The van der Waals surface area contributed by atoms with Crippen LogP contribution in [0, 0.1) is 0 Å². The Morgan fingerprint density at radius 3 is 2.41 bits per heavy atom. The van der Waals surface area contributed by atoms with Crippen molar-refractivity contribution in [2.45, 2.75) is 6.18 Å². The van der Waals surface area contributed by atoms with Crippen LogP contribution in [-0.4, -0.2) is 33.5 Å². The molecule has 0 saturated carbocycles. The lowest BCUT2D eigenvalue weighted by molar-refractivity contribution is -0.137. The Kier molecular flexibility index (Phi) is 6.62. The number of carbonyl (C=O) groups is 2. The summed E-state index contributed by atoms with van der Waals surface area (Å²) in [4.78, 5) is 24.6. The summed E-state index contributed by atoms with van der Waals surface area (Å²) in [5, 5.41) is 33.2. The molecule has 0 aliphatic carbocycles. The van der Waals surface area contributed by atoms with E-state index in [1.807, 2.05) is 0 Å². The molecule has 4 aromatic rings. The summed E-state index contributed by atoms with van der Waals surface area (Å²) < 4.78 is 39.0. The molecule has 0 spiro atoms. The summed E-state index contributed by atoms with van der Waals surface area (Å²) in [6, 6.07) is 16.5. The lowest BCUT2D eigenvalue weighted by atomic mass is 10.0. The molecule has 0 atom stereocenters. The maximum absolute atomic E-state index is 13.3. The van der Waals surface area contributed by atoms with Crippen molar-refractivity contribution in [2.75, 3.05) is 10.4 Å². The van der Waals surface area contributed by atoms with Gasteiger partial charge in [-0.15, -0.1) is 0 Å². The number of aromatic carboxylic acids is 1. The van der Waals surface area contributed by atoms with Crippen molar-refractivity contribution in [1.29, 1.82) is 0 Å². The molecule has 0 unspecified atom stereocenters. The van der Waals surface area contributed by atoms with E-state index in [0.29, 0.717) is 16.7 Å². The summed E-state index contributed by atoms with van der Waals surface area (Å²) in [7, 11) is 0. The molecule has 1 aliphatic rings. The van der Waals surface area contributed by atoms with Crippen LogP contribution < -0.4 is 10.4 Å². The number of nitrogens with one attached hydrogen (secondary N) is 1. The van der Waals surface area contributed by atoms with Gasteiger partial charge >= 0.3 is 18.1 Å². The second-order valence-electron chi connectivity index (χ2n) is 8.28. The van der Waals surface area contributed by atoms with E-state index in [2.05, 4.69) is 15.6 Å². The van der Waals surface area contributed by atoms with Gasteiger partial charge in [0.1, 0.15) is 11.5 Å². The van der Waals surface area contributed by atoms with Crippen molar-refractivity contribution < 1.29 is 33.0 Å². The van der Waals surface area contributed by atoms with Gasteiger partial charge in [-0.25, -0.2) is 4.79 Å². The van der Waals surface area contributed by atoms with Crippen LogP contribution >= 0.6 is 11.3 Å². The van der Waals surface area contributed by atoms with Crippen LogP contribution in [0.3, 0.4) is 0 Å². The van der Waals surface area contributed by atoms with Gasteiger partial charge in [0.25, 0.3) is 0 Å². The largest absolute Gasteiger partial charge is 0.505 e. The number of carboxylic acid groups (broad SMARTS) is 1. The van der Waals surface area contributed by atoms with E-state index in [1.54, 1.807) is 41.1 Å². The maximum Gasteiger partial charge on any atom is 0.416 e. The number of para-hydroxylation sites is 1. The van der Waals surface area contributed by atoms with E-state index in [1.165, 1.54) is 29.5 Å². The molecule has 1 aromatic heterocycles. The topological polar surface area (TPSA) is 115 Å². The van der Waals surface area contributed by atoms with Crippen molar-refractivity contribution in [3.05, 3.63) is 100 Å². The average Bonchev–Trinajstić information content (AvgIpc) is 3.56. The predicted molar refractivity (Wildman–Crippen MR) is 141 cm³/mol. The number of anilines is 2. The molecule has 196 valence electrons. The molecule has 1 aliphatic heterocycles. The number of alkyl halides is 3. The summed E-state index contributed by atoms with van der Waals surface area (Å²) in [5.74, 6) is -2.04. The van der Waals surface area contributed by atoms with Crippen molar-refractivity contribution in [3.63, 3.8) is 0 Å². The zero-order valence-corrected chi connectivity index (χ0v) is 20.5. The predicted octanol–water partition coefficient (Wildman–Crippen LogP) is 6.06. The van der Waals surface area contributed by atoms with Gasteiger partial charge in [-0.3, -0.25) is 10.2 Å². The molecule has 5 rings (SSSR count). The quantitative estimate of drug-likeness (QED) is 0.200. The summed E-state index contributed by atoms with van der Waals surface area (Å²) >= 11 is 1.36. The first-order valence-electron chi connectivity index (χ1n) is 11.3. The second kappa shape index (κ2) is 10.1. The van der Waals surface area contributed by atoms with Gasteiger partial charge in [-0.2, -0.15) is 39.7 Å². The molecule has 8 nitrogen and oxygen atoms in total. The highest BCUT2D eigenvalue weighted by Gasteiger charge is 2.35. The van der Waals surface area contributed by atoms with Gasteiger partial charge < -0.3 is 10.2 Å². The van der Waals surface area contributed by atoms with Crippen LogP contribution in [0.15, 0.2) is 93.8 Å². The monoisotopic (exact) mass is 550 g/mol. The minimum atomic E-state index is -4.53. The number of carbonyl (C=O) groups excluding carboxylic acids is 1. The average molecular weight is 551 g/mol. The molecular weight excluding hydrogens is 533 g/mol. The Morgan fingerprint density at radius 2 is 1.74 bits per heavy atom. The third-order valence-electron chi connectivity index (χ3n) is 5.80. The number of carboxylic acids is 1. The molecule has 3 aromatic carbocycles. The van der Waals surface area contributed by atoms with E-state index >= 15 is 0 Å². The van der Waals surface area contributed by atoms with Gasteiger partial charge in [0.2, 0.25) is 0 Å². The fourth-order valence-corrected chi connectivity index (χ4v) is 4.50. The number of thiophene rings is 1.